The molecule has 0 radical (unpaired) electrons. The van der Waals surface area contributed by atoms with Crippen molar-refractivity contribution in [1.82, 2.24) is 4.90 Å². The summed E-state index contributed by atoms with van der Waals surface area (Å²) in [6.07, 6.45) is 2.31. The Morgan fingerprint density at radius 3 is 2.57 bits per heavy atom. The smallest absolute Gasteiger partial charge is 0.308 e. The Morgan fingerprint density at radius 2 is 2.00 bits per heavy atom. The number of hydrogen-bond donors (Lipinski definition) is 1. The molecular weight excluding hydrogens is 270 g/mol. The molecular formula is C16H19NO4. The van der Waals surface area contributed by atoms with E-state index in [1.807, 2.05) is 12.1 Å². The highest BCUT2D eigenvalue weighted by molar-refractivity contribution is 5.95. The summed E-state index contributed by atoms with van der Waals surface area (Å²) >= 11 is 0. The van der Waals surface area contributed by atoms with Gasteiger partial charge in [0.15, 0.2) is 0 Å². The minimum Gasteiger partial charge on any atom is -0.481 e. The Bertz CT molecular complexity index is 554. The molecule has 0 aromatic heterocycles. The van der Waals surface area contributed by atoms with E-state index < -0.39 is 11.9 Å². The largest absolute Gasteiger partial charge is 0.481 e. The van der Waals surface area contributed by atoms with Gasteiger partial charge in [0.1, 0.15) is 0 Å². The molecule has 0 spiro atoms. The minimum atomic E-state index is -0.782. The summed E-state index contributed by atoms with van der Waals surface area (Å²) in [5.74, 6) is -1.23. The van der Waals surface area contributed by atoms with Gasteiger partial charge in [-0.15, -0.1) is 0 Å². The van der Waals surface area contributed by atoms with E-state index in [2.05, 4.69) is 0 Å². The molecule has 1 amide bonds. The van der Waals surface area contributed by atoms with Crippen LogP contribution in [0.25, 0.3) is 0 Å². The molecule has 0 aliphatic carbocycles. The Balaban J connectivity index is 1.78. The average Bonchev–Trinajstić information content (AvgIpc) is 3.05. The quantitative estimate of drug-likeness (QED) is 0.919. The van der Waals surface area contributed by atoms with E-state index in [1.165, 1.54) is 0 Å². The second kappa shape index (κ2) is 5.48. The van der Waals surface area contributed by atoms with Crippen molar-refractivity contribution in [3.63, 3.8) is 0 Å². The van der Waals surface area contributed by atoms with Crippen LogP contribution >= 0.6 is 0 Å². The number of benzene rings is 1. The first-order chi connectivity index (χ1) is 10.1. The minimum absolute atomic E-state index is 0.0461. The molecule has 2 saturated heterocycles. The molecule has 3 unspecified atom stereocenters. The third-order valence-corrected chi connectivity index (χ3v) is 4.60. The zero-order valence-electron chi connectivity index (χ0n) is 12.0. The van der Waals surface area contributed by atoms with E-state index >= 15 is 0 Å². The first kappa shape index (κ1) is 14.1. The van der Waals surface area contributed by atoms with Crippen molar-refractivity contribution in [2.75, 3.05) is 7.11 Å². The molecule has 3 rings (SSSR count). The fourth-order valence-corrected chi connectivity index (χ4v) is 3.63. The molecule has 2 bridgehead atoms. The first-order valence-corrected chi connectivity index (χ1v) is 7.25. The van der Waals surface area contributed by atoms with Crippen molar-refractivity contribution in [1.29, 1.82) is 0 Å². The van der Waals surface area contributed by atoms with Crippen LogP contribution in [0, 0.1) is 5.92 Å². The van der Waals surface area contributed by atoms with E-state index in [1.54, 1.807) is 24.1 Å². The van der Waals surface area contributed by atoms with Crippen LogP contribution in [0.1, 0.15) is 35.2 Å². The molecule has 2 fully saturated rings. The molecule has 1 aromatic rings. The summed E-state index contributed by atoms with van der Waals surface area (Å²) in [7, 11) is 1.63. The van der Waals surface area contributed by atoms with E-state index in [4.69, 9.17) is 4.74 Å². The normalized spacial score (nSPS) is 27.1. The van der Waals surface area contributed by atoms with Crippen LogP contribution < -0.4 is 0 Å². The SMILES string of the molecule is COCc1ccc(C(=O)N2C3CCC2C(C(=O)O)C3)cc1. The van der Waals surface area contributed by atoms with Crippen molar-refractivity contribution < 1.29 is 19.4 Å². The fraction of sp³-hybridized carbons (Fsp3) is 0.500. The first-order valence-electron chi connectivity index (χ1n) is 7.25. The predicted octanol–water partition coefficient (Wildman–Crippen LogP) is 1.91. The molecule has 2 aliphatic heterocycles. The predicted molar refractivity (Wildman–Crippen MR) is 75.9 cm³/mol. The lowest BCUT2D eigenvalue weighted by Crippen LogP contribution is -2.37. The number of fused-ring (bicyclic) bond motifs is 2. The van der Waals surface area contributed by atoms with E-state index in [0.717, 1.165) is 18.4 Å². The van der Waals surface area contributed by atoms with Crippen molar-refractivity contribution in [3.8, 4) is 0 Å². The van der Waals surface area contributed by atoms with Crippen LogP contribution in [0.5, 0.6) is 0 Å². The van der Waals surface area contributed by atoms with Crippen molar-refractivity contribution in [3.05, 3.63) is 35.4 Å². The summed E-state index contributed by atoms with van der Waals surface area (Å²) in [5, 5.41) is 9.25. The highest BCUT2D eigenvalue weighted by Crippen LogP contribution is 2.42. The lowest BCUT2D eigenvalue weighted by atomic mass is 9.89. The number of aliphatic carboxylic acids is 1. The summed E-state index contributed by atoms with van der Waals surface area (Å²) in [6.45, 7) is 0.518. The van der Waals surface area contributed by atoms with Gasteiger partial charge in [0, 0.05) is 24.8 Å². The molecule has 1 N–H and O–H groups in total. The summed E-state index contributed by atoms with van der Waals surface area (Å²) in [5.41, 5.74) is 1.64. The van der Waals surface area contributed by atoms with Gasteiger partial charge in [0.05, 0.1) is 12.5 Å². The number of carboxylic acids is 1. The number of carbonyl (C=O) groups excluding carboxylic acids is 1. The van der Waals surface area contributed by atoms with Crippen molar-refractivity contribution in [2.45, 2.75) is 38.0 Å². The monoisotopic (exact) mass is 289 g/mol. The van der Waals surface area contributed by atoms with Gasteiger partial charge in [-0.2, -0.15) is 0 Å². The standard InChI is InChI=1S/C16H19NO4/c1-21-9-10-2-4-11(5-3-10)15(18)17-12-6-7-14(17)13(8-12)16(19)20/h2-5,12-14H,6-9H2,1H3,(H,19,20). The van der Waals surface area contributed by atoms with Crippen LogP contribution in [0.3, 0.4) is 0 Å². The van der Waals surface area contributed by atoms with Gasteiger partial charge in [0.25, 0.3) is 5.91 Å². The second-order valence-corrected chi connectivity index (χ2v) is 5.82. The number of carboxylic acid groups (broad SMARTS) is 1. The van der Waals surface area contributed by atoms with Crippen LogP contribution in [0.2, 0.25) is 0 Å². The maximum atomic E-state index is 12.6. The van der Waals surface area contributed by atoms with Crippen molar-refractivity contribution >= 4 is 11.9 Å². The molecule has 5 nitrogen and oxygen atoms in total. The topological polar surface area (TPSA) is 66.8 Å². The third-order valence-electron chi connectivity index (χ3n) is 4.60. The van der Waals surface area contributed by atoms with E-state index in [9.17, 15) is 14.7 Å². The average molecular weight is 289 g/mol. The Morgan fingerprint density at radius 1 is 1.29 bits per heavy atom. The number of rotatable bonds is 4. The lowest BCUT2D eigenvalue weighted by molar-refractivity contribution is -0.142. The van der Waals surface area contributed by atoms with Gasteiger partial charge >= 0.3 is 5.97 Å². The van der Waals surface area contributed by atoms with E-state index in [-0.39, 0.29) is 18.0 Å². The number of nitrogens with zero attached hydrogens (tertiary/aromatic N) is 1. The van der Waals surface area contributed by atoms with Gasteiger partial charge in [-0.05, 0) is 37.0 Å². The molecule has 1 aromatic carbocycles. The number of carbonyl (C=O) groups is 2. The molecule has 2 aliphatic rings. The Hall–Kier alpha value is -1.88. The molecule has 112 valence electrons. The molecule has 5 heteroatoms. The van der Waals surface area contributed by atoms with Gasteiger partial charge in [-0.1, -0.05) is 12.1 Å². The summed E-state index contributed by atoms with van der Waals surface area (Å²) < 4.78 is 5.05. The highest BCUT2D eigenvalue weighted by Gasteiger charge is 2.51. The van der Waals surface area contributed by atoms with Gasteiger partial charge in [0.2, 0.25) is 0 Å². The van der Waals surface area contributed by atoms with Crippen LogP contribution in [-0.4, -0.2) is 41.1 Å². The number of methoxy groups -OCH3 is 1. The number of hydrogen-bond acceptors (Lipinski definition) is 3. The summed E-state index contributed by atoms with van der Waals surface area (Å²) in [6, 6.07) is 7.29. The maximum absolute atomic E-state index is 12.6. The summed E-state index contributed by atoms with van der Waals surface area (Å²) in [4.78, 5) is 25.7. The van der Waals surface area contributed by atoms with Gasteiger partial charge in [-0.25, -0.2) is 0 Å². The molecule has 21 heavy (non-hydrogen) atoms. The molecule has 0 saturated carbocycles. The maximum Gasteiger partial charge on any atom is 0.308 e. The van der Waals surface area contributed by atoms with Crippen molar-refractivity contribution in [2.24, 2.45) is 5.92 Å². The molecule has 2 heterocycles. The highest BCUT2D eigenvalue weighted by atomic mass is 16.5. The van der Waals surface area contributed by atoms with Crippen LogP contribution in [0.4, 0.5) is 0 Å². The van der Waals surface area contributed by atoms with Crippen LogP contribution in [0.15, 0.2) is 24.3 Å². The number of amides is 1. The third kappa shape index (κ3) is 2.42. The van der Waals surface area contributed by atoms with Gasteiger partial charge in [-0.3, -0.25) is 9.59 Å². The zero-order chi connectivity index (χ0) is 15.0. The zero-order valence-corrected chi connectivity index (χ0v) is 12.0. The molecule has 3 atom stereocenters. The van der Waals surface area contributed by atoms with E-state index in [0.29, 0.717) is 18.6 Å². The van der Waals surface area contributed by atoms with Gasteiger partial charge < -0.3 is 14.7 Å². The Labute approximate surface area is 123 Å². The van der Waals surface area contributed by atoms with Crippen LogP contribution in [-0.2, 0) is 16.1 Å². The lowest BCUT2D eigenvalue weighted by Gasteiger charge is -2.23. The number of ether oxygens (including phenoxy) is 1. The fourth-order valence-electron chi connectivity index (χ4n) is 3.63. The Kier molecular flexibility index (Phi) is 3.68. The second-order valence-electron chi connectivity index (χ2n) is 5.82.